The molecular weight excluding hydrogens is 547 g/mol. The average Bonchev–Trinajstić information content (AvgIpc) is 3.86. The molecule has 6 nitrogen and oxygen atoms in total. The second-order valence-corrected chi connectivity index (χ2v) is 10.3. The van der Waals surface area contributed by atoms with Crippen LogP contribution in [0.1, 0.15) is 71.2 Å². The third-order valence-electron chi connectivity index (χ3n) is 7.13. The van der Waals surface area contributed by atoms with Crippen LogP contribution in [0.4, 0.5) is 13.2 Å². The number of hydrogen-bond donors (Lipinski definition) is 1. The van der Waals surface area contributed by atoms with Crippen LogP contribution >= 0.6 is 11.6 Å². The number of halogens is 4. The number of carboxylic acids is 1. The predicted molar refractivity (Wildman–Crippen MR) is 140 cm³/mol. The number of carbonyl (C=O) groups is 1. The van der Waals surface area contributed by atoms with E-state index in [1.165, 1.54) is 18.2 Å². The Labute approximate surface area is 233 Å². The monoisotopic (exact) mass is 570 g/mol. The first-order valence-electron chi connectivity index (χ1n) is 13.2. The van der Waals surface area contributed by atoms with Gasteiger partial charge in [0.05, 0.1) is 12.5 Å². The van der Waals surface area contributed by atoms with Crippen LogP contribution in [0.2, 0.25) is 5.02 Å². The molecule has 1 heterocycles. The Bertz CT molecular complexity index is 1600. The van der Waals surface area contributed by atoms with E-state index in [0.717, 1.165) is 30.4 Å². The molecule has 2 aliphatic rings. The number of nitrogens with zero attached hydrogens (tertiary/aromatic N) is 1. The highest BCUT2D eigenvalue weighted by Gasteiger charge is 2.41. The fraction of sp³-hybridized carbons (Fsp3) is 0.267. The van der Waals surface area contributed by atoms with E-state index in [2.05, 4.69) is 9.89 Å². The zero-order chi connectivity index (χ0) is 28.9. The summed E-state index contributed by atoms with van der Waals surface area (Å²) in [6.07, 6.45) is -2.41. The summed E-state index contributed by atoms with van der Waals surface area (Å²) in [5.41, 5.74) is 2.52. The van der Waals surface area contributed by atoms with Crippen molar-refractivity contribution >= 4 is 17.6 Å². The molecule has 3 aromatic carbocycles. The van der Waals surface area contributed by atoms with E-state index in [9.17, 15) is 18.0 Å². The van der Waals surface area contributed by atoms with Crippen molar-refractivity contribution in [3.05, 3.63) is 99.8 Å². The molecule has 0 spiro atoms. The van der Waals surface area contributed by atoms with E-state index in [1.54, 1.807) is 30.3 Å². The zero-order valence-corrected chi connectivity index (χ0v) is 21.6. The quantitative estimate of drug-likeness (QED) is 0.218. The van der Waals surface area contributed by atoms with Gasteiger partial charge in [0, 0.05) is 16.5 Å². The van der Waals surface area contributed by atoms with Crippen LogP contribution < -0.4 is 9.47 Å². The maximum atomic E-state index is 13.1. The van der Waals surface area contributed by atoms with Gasteiger partial charge < -0.3 is 19.1 Å². The lowest BCUT2D eigenvalue weighted by Crippen LogP contribution is -2.17. The zero-order valence-electron chi connectivity index (χ0n) is 21.8. The van der Waals surface area contributed by atoms with Gasteiger partial charge in [-0.3, -0.25) is 0 Å². The number of hydrogen-bond acceptors (Lipinski definition) is 5. The summed E-state index contributed by atoms with van der Waals surface area (Å²) in [4.78, 5) is 11.1. The lowest BCUT2D eigenvalue weighted by molar-refractivity contribution is -0.274. The summed E-state index contributed by atoms with van der Waals surface area (Å²) in [6, 6.07) is 17.5. The molecule has 40 heavy (non-hydrogen) atoms. The average molecular weight is 571 g/mol. The molecule has 1 N–H and O–H groups in total. The molecule has 0 saturated heterocycles. The van der Waals surface area contributed by atoms with Gasteiger partial charge in [-0.1, -0.05) is 47.1 Å². The number of carboxylic acid groups (broad SMARTS) is 1. The Kier molecular flexibility index (Phi) is 6.38. The van der Waals surface area contributed by atoms with Crippen LogP contribution in [0.25, 0.3) is 11.3 Å². The van der Waals surface area contributed by atoms with E-state index >= 15 is 0 Å². The highest BCUT2D eigenvalue weighted by Crippen LogP contribution is 2.56. The van der Waals surface area contributed by atoms with Gasteiger partial charge >= 0.3 is 12.3 Å². The smallest absolute Gasteiger partial charge is 0.489 e. The fourth-order valence-electron chi connectivity index (χ4n) is 4.92. The van der Waals surface area contributed by atoms with Crippen molar-refractivity contribution in [1.29, 1.82) is 0 Å². The van der Waals surface area contributed by atoms with Gasteiger partial charge in [-0.2, -0.15) is 0 Å². The number of benzene rings is 3. The first kappa shape index (κ1) is 25.0. The topological polar surface area (TPSA) is 81.8 Å². The molecule has 2 fully saturated rings. The molecule has 3 atom stereocenters. The molecule has 206 valence electrons. The maximum absolute atomic E-state index is 13.1. The van der Waals surface area contributed by atoms with Gasteiger partial charge in [0.25, 0.3) is 0 Å². The number of ether oxygens (including phenoxy) is 2. The second-order valence-electron chi connectivity index (χ2n) is 9.92. The number of alkyl halides is 3. The summed E-state index contributed by atoms with van der Waals surface area (Å²) >= 11 is 6.62. The Morgan fingerprint density at radius 3 is 2.52 bits per heavy atom. The van der Waals surface area contributed by atoms with Gasteiger partial charge in [0.15, 0.2) is 0 Å². The normalized spacial score (nSPS) is 19.6. The Morgan fingerprint density at radius 2 is 1.85 bits per heavy atom. The van der Waals surface area contributed by atoms with Gasteiger partial charge in [-0.15, -0.1) is 13.2 Å². The predicted octanol–water partition coefficient (Wildman–Crippen LogP) is 8.32. The van der Waals surface area contributed by atoms with E-state index in [0.29, 0.717) is 16.5 Å². The minimum atomic E-state index is -4.91. The Hall–Kier alpha value is -3.98. The summed E-state index contributed by atoms with van der Waals surface area (Å²) in [6.45, 7) is -1.35. The molecule has 6 rings (SSSR count). The van der Waals surface area contributed by atoms with Gasteiger partial charge in [-0.25, -0.2) is 4.79 Å². The van der Waals surface area contributed by atoms with Gasteiger partial charge in [-0.05, 0) is 78.6 Å². The van der Waals surface area contributed by atoms with E-state index in [1.807, 2.05) is 18.2 Å². The first-order chi connectivity index (χ1) is 19.6. The molecule has 0 radical (unpaired) electrons. The van der Waals surface area contributed by atoms with Crippen molar-refractivity contribution in [3.8, 4) is 22.8 Å². The molecule has 1 unspecified atom stereocenters. The van der Waals surface area contributed by atoms with Crippen LogP contribution in [0.5, 0.6) is 11.5 Å². The third kappa shape index (κ3) is 5.51. The highest BCUT2D eigenvalue weighted by molar-refractivity contribution is 6.31. The van der Waals surface area contributed by atoms with Crippen molar-refractivity contribution in [1.82, 2.24) is 5.16 Å². The summed E-state index contributed by atoms with van der Waals surface area (Å²) in [5, 5.41) is 13.6. The van der Waals surface area contributed by atoms with Crippen LogP contribution in [-0.4, -0.2) is 22.6 Å². The van der Waals surface area contributed by atoms with Crippen molar-refractivity contribution in [2.24, 2.45) is 0 Å². The van der Waals surface area contributed by atoms with Crippen molar-refractivity contribution < 1.29 is 38.4 Å². The summed E-state index contributed by atoms with van der Waals surface area (Å²) < 4.78 is 63.7. The lowest BCUT2D eigenvalue weighted by atomic mass is 10.0. The van der Waals surface area contributed by atoms with Crippen molar-refractivity contribution in [2.75, 3.05) is 0 Å². The molecule has 4 aromatic rings. The fourth-order valence-corrected chi connectivity index (χ4v) is 5.23. The highest BCUT2D eigenvalue weighted by atomic mass is 35.5. The second kappa shape index (κ2) is 10.2. The molecule has 2 saturated carbocycles. The number of aromatic nitrogens is 1. The molecule has 0 amide bonds. The summed E-state index contributed by atoms with van der Waals surface area (Å²) in [7, 11) is 0. The van der Waals surface area contributed by atoms with E-state index in [-0.39, 0.29) is 40.1 Å². The first-order valence-corrected chi connectivity index (χ1v) is 13.0. The van der Waals surface area contributed by atoms with Crippen LogP contribution in [0.3, 0.4) is 0 Å². The Morgan fingerprint density at radius 1 is 1.10 bits per heavy atom. The number of aromatic carboxylic acids is 1. The maximum Gasteiger partial charge on any atom is 0.573 e. The minimum absolute atomic E-state index is 0.0146. The molecular formula is C30H23ClF3NO5. The van der Waals surface area contributed by atoms with Crippen molar-refractivity contribution in [3.63, 3.8) is 0 Å². The standard InChI is InChI=1S/C30H23ClF3NO5/c31-25-13-19(11-12-20(25)23-14-22(23)16-5-9-18(10-6-16)29(36)37)38-15-24-27(35-40-28(24)17-7-8-17)21-3-1-2-4-26(21)39-30(32,33)34/h1-6,9-13,17,22-23H,7-8,14-15H2,(H,36,37)/t22-,23-/m0/s1/i15D/t15?,22-,23-. The minimum Gasteiger partial charge on any atom is -0.489 e. The molecule has 2 aliphatic carbocycles. The number of para-hydroxylation sites is 1. The van der Waals surface area contributed by atoms with Gasteiger partial charge in [0.1, 0.15) is 29.5 Å². The summed E-state index contributed by atoms with van der Waals surface area (Å²) in [5.74, 6) is -0.304. The lowest BCUT2D eigenvalue weighted by Gasteiger charge is -2.13. The van der Waals surface area contributed by atoms with Crippen LogP contribution in [0, 0.1) is 0 Å². The van der Waals surface area contributed by atoms with Crippen LogP contribution in [-0.2, 0) is 6.58 Å². The molecule has 10 heteroatoms. The third-order valence-corrected chi connectivity index (χ3v) is 7.46. The number of rotatable bonds is 9. The van der Waals surface area contributed by atoms with Crippen LogP contribution in [0.15, 0.2) is 71.3 Å². The largest absolute Gasteiger partial charge is 0.573 e. The molecule has 0 aliphatic heterocycles. The van der Waals surface area contributed by atoms with Gasteiger partial charge in [0.2, 0.25) is 0 Å². The Balaban J connectivity index is 1.23. The molecule has 1 aromatic heterocycles. The SMILES string of the molecule is [2H]C(Oc1ccc([C@@H]2C[C@H]2c2ccc(C(=O)O)cc2)c(Cl)c1)c1c(-c2ccccc2OC(F)(F)F)noc1C1CC1. The van der Waals surface area contributed by atoms with E-state index < -0.39 is 24.7 Å². The molecule has 0 bridgehead atoms. The van der Waals surface area contributed by atoms with E-state index in [4.69, 9.17) is 27.3 Å². The van der Waals surface area contributed by atoms with Crippen molar-refractivity contribution in [2.45, 2.75) is 50.0 Å².